The molecule has 2 rings (SSSR count). The molecule has 2 aromatic rings. The Morgan fingerprint density at radius 3 is 2.20 bits per heavy atom. The number of amides is 1. The average Bonchev–Trinajstić information content (AvgIpc) is 2.51. The van der Waals surface area contributed by atoms with Gasteiger partial charge in [0.05, 0.1) is 0 Å². The van der Waals surface area contributed by atoms with Crippen LogP contribution >= 0.6 is 23.2 Å². The number of ketones is 1. The Labute approximate surface area is 157 Å². The van der Waals surface area contributed by atoms with Gasteiger partial charge in [-0.05, 0) is 50.6 Å². The number of Topliss-reactive ketones (excluding diaryl/α,β-unsaturated/α-hetero) is 1. The van der Waals surface area contributed by atoms with Crippen molar-refractivity contribution in [2.24, 2.45) is 0 Å². The van der Waals surface area contributed by atoms with Gasteiger partial charge in [0.25, 0.3) is 0 Å². The summed E-state index contributed by atoms with van der Waals surface area (Å²) in [5, 5.41) is 3.61. The van der Waals surface area contributed by atoms with Crippen LogP contribution in [0.1, 0.15) is 42.7 Å². The highest BCUT2D eigenvalue weighted by Gasteiger charge is 2.26. The molecule has 0 saturated carbocycles. The molecule has 4 nitrogen and oxygen atoms in total. The van der Waals surface area contributed by atoms with Gasteiger partial charge in [-0.2, -0.15) is 0 Å². The summed E-state index contributed by atoms with van der Waals surface area (Å²) in [6.07, 6.45) is -0.678. The minimum absolute atomic E-state index is 0.296. The van der Waals surface area contributed by atoms with Crippen LogP contribution in [0.5, 0.6) is 0 Å². The van der Waals surface area contributed by atoms with Crippen LogP contribution in [-0.4, -0.2) is 17.5 Å². The Kier molecular flexibility index (Phi) is 6.09. The molecule has 132 valence electrons. The Hall–Kier alpha value is -2.04. The van der Waals surface area contributed by atoms with Gasteiger partial charge < -0.3 is 10.1 Å². The van der Waals surface area contributed by atoms with E-state index in [1.54, 1.807) is 69.3 Å². The molecule has 0 radical (unpaired) electrons. The van der Waals surface area contributed by atoms with Gasteiger partial charge >= 0.3 is 6.09 Å². The summed E-state index contributed by atoms with van der Waals surface area (Å²) in [4.78, 5) is 25.1. The summed E-state index contributed by atoms with van der Waals surface area (Å²) in [6, 6.07) is 12.3. The van der Waals surface area contributed by atoms with E-state index in [0.29, 0.717) is 21.2 Å². The fraction of sp³-hybridized carbons (Fsp3) is 0.263. The number of carbonyl (C=O) groups is 2. The van der Waals surface area contributed by atoms with Crippen molar-refractivity contribution in [2.75, 3.05) is 0 Å². The first-order valence-electron chi connectivity index (χ1n) is 7.70. The molecule has 0 fully saturated rings. The summed E-state index contributed by atoms with van der Waals surface area (Å²) in [6.45, 7) is 5.26. The van der Waals surface area contributed by atoms with Gasteiger partial charge in [-0.1, -0.05) is 47.5 Å². The van der Waals surface area contributed by atoms with Crippen LogP contribution in [0.25, 0.3) is 0 Å². The molecule has 1 N–H and O–H groups in total. The lowest BCUT2D eigenvalue weighted by Gasteiger charge is -2.23. The molecule has 0 bridgehead atoms. The molecule has 6 heteroatoms. The van der Waals surface area contributed by atoms with Crippen LogP contribution in [0.3, 0.4) is 0 Å². The van der Waals surface area contributed by atoms with E-state index in [0.717, 1.165) is 0 Å². The Bertz CT molecular complexity index is 767. The minimum atomic E-state index is -0.911. The second kappa shape index (κ2) is 7.89. The Morgan fingerprint density at radius 1 is 1.00 bits per heavy atom. The highest BCUT2D eigenvalue weighted by atomic mass is 35.5. The van der Waals surface area contributed by atoms with Crippen molar-refractivity contribution < 1.29 is 14.3 Å². The number of halogens is 2. The van der Waals surface area contributed by atoms with Gasteiger partial charge in [0, 0.05) is 15.6 Å². The number of carbonyl (C=O) groups excluding carboxylic acids is 2. The number of rotatable bonds is 4. The summed E-state index contributed by atoms with van der Waals surface area (Å²) < 4.78 is 5.27. The van der Waals surface area contributed by atoms with Crippen LogP contribution in [0.2, 0.25) is 10.0 Å². The highest BCUT2D eigenvalue weighted by Crippen LogP contribution is 2.23. The molecule has 1 amide bonds. The molecule has 1 unspecified atom stereocenters. The van der Waals surface area contributed by atoms with E-state index in [1.165, 1.54) is 0 Å². The van der Waals surface area contributed by atoms with Crippen LogP contribution in [0.15, 0.2) is 48.5 Å². The fourth-order valence-corrected chi connectivity index (χ4v) is 2.51. The summed E-state index contributed by atoms with van der Waals surface area (Å²) in [7, 11) is 0. The molecule has 0 aliphatic rings. The molecule has 0 spiro atoms. The first-order chi connectivity index (χ1) is 11.7. The van der Waals surface area contributed by atoms with Crippen LogP contribution in [0, 0.1) is 0 Å². The van der Waals surface area contributed by atoms with Crippen molar-refractivity contribution in [3.05, 3.63) is 69.7 Å². The normalized spacial score (nSPS) is 12.4. The zero-order valence-electron chi connectivity index (χ0n) is 14.2. The molecule has 2 aromatic carbocycles. The van der Waals surface area contributed by atoms with Gasteiger partial charge in [-0.25, -0.2) is 4.79 Å². The second-order valence-electron chi connectivity index (χ2n) is 6.51. The third-order valence-corrected chi connectivity index (χ3v) is 3.72. The maximum absolute atomic E-state index is 12.9. The van der Waals surface area contributed by atoms with E-state index < -0.39 is 17.7 Å². The van der Waals surface area contributed by atoms with E-state index in [1.807, 2.05) is 0 Å². The Morgan fingerprint density at radius 2 is 1.64 bits per heavy atom. The van der Waals surface area contributed by atoms with Crippen molar-refractivity contribution >= 4 is 35.1 Å². The molecule has 0 aliphatic heterocycles. The van der Waals surface area contributed by atoms with Crippen molar-refractivity contribution in [3.63, 3.8) is 0 Å². The fourth-order valence-electron chi connectivity index (χ4n) is 2.19. The van der Waals surface area contributed by atoms with Gasteiger partial charge in [0.15, 0.2) is 5.78 Å². The quantitative estimate of drug-likeness (QED) is 0.719. The summed E-state index contributed by atoms with van der Waals surface area (Å²) in [5.41, 5.74) is 0.317. The second-order valence-corrected chi connectivity index (χ2v) is 7.38. The lowest BCUT2D eigenvalue weighted by molar-refractivity contribution is 0.0491. The van der Waals surface area contributed by atoms with Crippen molar-refractivity contribution in [3.8, 4) is 0 Å². The number of alkyl carbamates (subject to hydrolysis) is 1. The Balaban J connectivity index is 2.33. The molecule has 0 aliphatic carbocycles. The minimum Gasteiger partial charge on any atom is -0.444 e. The van der Waals surface area contributed by atoms with Crippen molar-refractivity contribution in [1.82, 2.24) is 5.32 Å². The van der Waals surface area contributed by atoms with Gasteiger partial charge in [-0.15, -0.1) is 0 Å². The van der Waals surface area contributed by atoms with Gasteiger partial charge in [0.2, 0.25) is 0 Å². The van der Waals surface area contributed by atoms with E-state index in [-0.39, 0.29) is 5.78 Å². The third-order valence-electron chi connectivity index (χ3n) is 3.24. The predicted octanol–water partition coefficient (Wildman–Crippen LogP) is 5.44. The maximum atomic E-state index is 12.9. The lowest BCUT2D eigenvalue weighted by Crippen LogP contribution is -2.38. The summed E-state index contributed by atoms with van der Waals surface area (Å²) in [5.74, 6) is -0.296. The van der Waals surface area contributed by atoms with Crippen molar-refractivity contribution in [1.29, 1.82) is 0 Å². The first-order valence-corrected chi connectivity index (χ1v) is 8.46. The third kappa shape index (κ3) is 5.76. The standard InChI is InChI=1S/C19H19Cl2NO3/c1-19(2,3)25-18(24)22-16(12-7-9-14(20)10-8-12)17(23)13-5-4-6-15(21)11-13/h4-11,16H,1-3H3,(H,22,24). The lowest BCUT2D eigenvalue weighted by atomic mass is 9.97. The molecule has 0 aromatic heterocycles. The van der Waals surface area contributed by atoms with Crippen LogP contribution < -0.4 is 5.32 Å². The van der Waals surface area contributed by atoms with E-state index in [2.05, 4.69) is 5.32 Å². The zero-order chi connectivity index (χ0) is 18.6. The van der Waals surface area contributed by atoms with E-state index in [4.69, 9.17) is 27.9 Å². The highest BCUT2D eigenvalue weighted by molar-refractivity contribution is 6.31. The monoisotopic (exact) mass is 379 g/mol. The molecule has 25 heavy (non-hydrogen) atoms. The summed E-state index contributed by atoms with van der Waals surface area (Å²) >= 11 is 11.9. The molecular weight excluding hydrogens is 361 g/mol. The topological polar surface area (TPSA) is 55.4 Å². The van der Waals surface area contributed by atoms with Gasteiger partial charge in [-0.3, -0.25) is 4.79 Å². The largest absolute Gasteiger partial charge is 0.444 e. The number of benzene rings is 2. The molecule has 0 heterocycles. The molecule has 0 saturated heterocycles. The first kappa shape index (κ1) is 19.3. The van der Waals surface area contributed by atoms with E-state index >= 15 is 0 Å². The maximum Gasteiger partial charge on any atom is 0.408 e. The van der Waals surface area contributed by atoms with Crippen LogP contribution in [-0.2, 0) is 4.74 Å². The SMILES string of the molecule is CC(C)(C)OC(=O)NC(C(=O)c1cccc(Cl)c1)c1ccc(Cl)cc1. The zero-order valence-corrected chi connectivity index (χ0v) is 15.7. The van der Waals surface area contributed by atoms with E-state index in [9.17, 15) is 9.59 Å². The number of hydrogen-bond donors (Lipinski definition) is 1. The van der Waals surface area contributed by atoms with Crippen LogP contribution in [0.4, 0.5) is 4.79 Å². The predicted molar refractivity (Wildman–Crippen MR) is 99.3 cm³/mol. The number of hydrogen-bond acceptors (Lipinski definition) is 3. The molecule has 1 atom stereocenters. The average molecular weight is 380 g/mol. The number of nitrogens with one attached hydrogen (secondary N) is 1. The van der Waals surface area contributed by atoms with Gasteiger partial charge in [0.1, 0.15) is 11.6 Å². The smallest absolute Gasteiger partial charge is 0.408 e. The number of ether oxygens (including phenoxy) is 1. The van der Waals surface area contributed by atoms with Crippen molar-refractivity contribution in [2.45, 2.75) is 32.4 Å². The molecular formula is C19H19Cl2NO3.